The fourth-order valence-electron chi connectivity index (χ4n) is 2.44. The molecule has 1 fully saturated rings. The van der Waals surface area contributed by atoms with Crippen LogP contribution in [0.2, 0.25) is 0 Å². The summed E-state index contributed by atoms with van der Waals surface area (Å²) in [5.74, 6) is 0. The highest BCUT2D eigenvalue weighted by Gasteiger charge is 2.29. The van der Waals surface area contributed by atoms with Crippen molar-refractivity contribution in [3.63, 3.8) is 0 Å². The lowest BCUT2D eigenvalue weighted by Crippen LogP contribution is -2.46. The molecule has 0 bridgehead atoms. The summed E-state index contributed by atoms with van der Waals surface area (Å²) in [7, 11) is -1.45. The quantitative estimate of drug-likeness (QED) is 0.913. The number of benzene rings is 1. The van der Waals surface area contributed by atoms with Gasteiger partial charge in [-0.25, -0.2) is 8.42 Å². The third-order valence-corrected chi connectivity index (χ3v) is 5.64. The van der Waals surface area contributed by atoms with Gasteiger partial charge < -0.3 is 5.32 Å². The van der Waals surface area contributed by atoms with Crippen molar-refractivity contribution in [2.24, 2.45) is 0 Å². The minimum atomic E-state index is -3.34. The molecule has 2 rings (SSSR count). The van der Waals surface area contributed by atoms with Gasteiger partial charge in [-0.3, -0.25) is 0 Å². The van der Waals surface area contributed by atoms with E-state index < -0.39 is 10.0 Å². The van der Waals surface area contributed by atoms with Crippen molar-refractivity contribution >= 4 is 10.0 Å². The molecule has 0 spiro atoms. The van der Waals surface area contributed by atoms with Crippen LogP contribution in [0.4, 0.5) is 0 Å². The van der Waals surface area contributed by atoms with Crippen molar-refractivity contribution < 1.29 is 8.42 Å². The number of likely N-dealkylation sites (N-methyl/N-ethyl adjacent to an activating group) is 1. The zero-order chi connectivity index (χ0) is 13.9. The van der Waals surface area contributed by atoms with Gasteiger partial charge in [-0.15, -0.1) is 0 Å². The van der Waals surface area contributed by atoms with Crippen molar-refractivity contribution in [1.82, 2.24) is 9.62 Å². The van der Waals surface area contributed by atoms with Crippen molar-refractivity contribution in [2.45, 2.75) is 37.1 Å². The Bertz CT molecular complexity index is 511. The number of sulfonamides is 1. The molecule has 0 saturated carbocycles. The maximum Gasteiger partial charge on any atom is 0.243 e. The molecule has 1 saturated heterocycles. The third kappa shape index (κ3) is 3.16. The van der Waals surface area contributed by atoms with Crippen LogP contribution in [-0.2, 0) is 16.4 Å². The van der Waals surface area contributed by atoms with Crippen LogP contribution in [0.15, 0.2) is 29.2 Å². The summed E-state index contributed by atoms with van der Waals surface area (Å²) in [5.41, 5.74) is 1.16. The molecule has 1 unspecified atom stereocenters. The molecule has 5 heteroatoms. The van der Waals surface area contributed by atoms with E-state index in [2.05, 4.69) is 12.2 Å². The van der Waals surface area contributed by atoms with E-state index in [-0.39, 0.29) is 6.04 Å². The lowest BCUT2D eigenvalue weighted by molar-refractivity contribution is 0.293. The molecule has 0 aliphatic carbocycles. The van der Waals surface area contributed by atoms with E-state index in [0.29, 0.717) is 18.0 Å². The Morgan fingerprint density at radius 1 is 1.32 bits per heavy atom. The first-order chi connectivity index (χ1) is 9.07. The number of hydrogen-bond acceptors (Lipinski definition) is 3. The zero-order valence-electron chi connectivity index (χ0n) is 11.6. The van der Waals surface area contributed by atoms with E-state index in [1.807, 2.05) is 19.2 Å². The van der Waals surface area contributed by atoms with Crippen LogP contribution in [0.1, 0.15) is 25.3 Å². The zero-order valence-corrected chi connectivity index (χ0v) is 12.4. The molecule has 1 aliphatic rings. The van der Waals surface area contributed by atoms with Gasteiger partial charge in [-0.05, 0) is 44.0 Å². The third-order valence-electron chi connectivity index (χ3n) is 3.76. The number of piperidine rings is 1. The fraction of sp³-hybridized carbons (Fsp3) is 0.571. The Morgan fingerprint density at radius 2 is 2.00 bits per heavy atom. The molecule has 1 aliphatic heterocycles. The molecule has 19 heavy (non-hydrogen) atoms. The maximum atomic E-state index is 12.5. The normalized spacial score (nSPS) is 21.5. The van der Waals surface area contributed by atoms with E-state index in [1.165, 1.54) is 0 Å². The summed E-state index contributed by atoms with van der Waals surface area (Å²) in [5, 5.41) is 3.17. The van der Waals surface area contributed by atoms with E-state index in [1.54, 1.807) is 16.4 Å². The molecule has 4 nitrogen and oxygen atoms in total. The number of aryl methyl sites for hydroxylation is 1. The Kier molecular flexibility index (Phi) is 4.60. The van der Waals surface area contributed by atoms with Crippen molar-refractivity contribution in [3.8, 4) is 0 Å². The molecular weight excluding hydrogens is 260 g/mol. The molecule has 1 aromatic rings. The predicted molar refractivity (Wildman–Crippen MR) is 76.7 cm³/mol. The van der Waals surface area contributed by atoms with E-state index in [9.17, 15) is 8.42 Å². The van der Waals surface area contributed by atoms with Gasteiger partial charge in [-0.1, -0.05) is 19.1 Å². The van der Waals surface area contributed by atoms with Crippen molar-refractivity contribution in [1.29, 1.82) is 0 Å². The lowest BCUT2D eigenvalue weighted by Gasteiger charge is -2.31. The first kappa shape index (κ1) is 14.5. The minimum absolute atomic E-state index is 0.262. The predicted octanol–water partition coefficient (Wildman–Crippen LogP) is 1.62. The molecule has 0 radical (unpaired) electrons. The molecule has 0 aromatic heterocycles. The molecule has 106 valence electrons. The van der Waals surface area contributed by atoms with Gasteiger partial charge in [-0.2, -0.15) is 4.31 Å². The summed E-state index contributed by atoms with van der Waals surface area (Å²) < 4.78 is 26.7. The van der Waals surface area contributed by atoms with Crippen LogP contribution >= 0.6 is 0 Å². The van der Waals surface area contributed by atoms with Crippen LogP contribution < -0.4 is 5.32 Å². The van der Waals surface area contributed by atoms with E-state index >= 15 is 0 Å². The molecular formula is C14H22N2O2S. The summed E-state index contributed by atoms with van der Waals surface area (Å²) in [6, 6.07) is 7.49. The van der Waals surface area contributed by atoms with Gasteiger partial charge in [0.25, 0.3) is 0 Å². The number of nitrogens with zero attached hydrogens (tertiary/aromatic N) is 1. The van der Waals surface area contributed by atoms with E-state index in [4.69, 9.17) is 0 Å². The number of nitrogens with one attached hydrogen (secondary N) is 1. The first-order valence-electron chi connectivity index (χ1n) is 6.84. The Morgan fingerprint density at radius 3 is 2.58 bits per heavy atom. The van der Waals surface area contributed by atoms with Gasteiger partial charge >= 0.3 is 0 Å². The van der Waals surface area contributed by atoms with Crippen LogP contribution in [0.3, 0.4) is 0 Å². The van der Waals surface area contributed by atoms with Crippen molar-refractivity contribution in [2.75, 3.05) is 20.1 Å². The monoisotopic (exact) mass is 282 g/mol. The molecule has 0 amide bonds. The fourth-order valence-corrected chi connectivity index (χ4v) is 3.97. The lowest BCUT2D eigenvalue weighted by atomic mass is 10.1. The highest BCUT2D eigenvalue weighted by Crippen LogP contribution is 2.21. The summed E-state index contributed by atoms with van der Waals surface area (Å²) in [6.45, 7) is 3.25. The van der Waals surface area contributed by atoms with Crippen LogP contribution in [0, 0.1) is 0 Å². The summed E-state index contributed by atoms with van der Waals surface area (Å²) >= 11 is 0. The largest absolute Gasteiger partial charge is 0.316 e. The summed E-state index contributed by atoms with van der Waals surface area (Å²) in [4.78, 5) is 0.404. The summed E-state index contributed by atoms with van der Waals surface area (Å²) in [6.07, 6.45) is 2.88. The second-order valence-electron chi connectivity index (χ2n) is 4.99. The molecule has 1 aromatic carbocycles. The molecule has 1 N–H and O–H groups in total. The van der Waals surface area contributed by atoms with Crippen molar-refractivity contribution in [3.05, 3.63) is 29.8 Å². The second kappa shape index (κ2) is 6.03. The smallest absolute Gasteiger partial charge is 0.243 e. The van der Waals surface area contributed by atoms with E-state index in [0.717, 1.165) is 24.8 Å². The van der Waals surface area contributed by atoms with Gasteiger partial charge in [0.2, 0.25) is 10.0 Å². The van der Waals surface area contributed by atoms with Gasteiger partial charge in [0, 0.05) is 19.1 Å². The first-order valence-corrected chi connectivity index (χ1v) is 8.28. The Balaban J connectivity index is 2.20. The molecule has 1 atom stereocenters. The highest BCUT2D eigenvalue weighted by molar-refractivity contribution is 7.89. The molecule has 1 heterocycles. The Labute approximate surface area is 115 Å². The average molecular weight is 282 g/mol. The standard InChI is InChI=1S/C14H22N2O2S/c1-3-12-6-8-14(9-7-12)19(17,18)16-10-4-5-13(11-16)15-2/h6-9,13,15H,3-5,10-11H2,1-2H3. The van der Waals surface area contributed by atoms with Gasteiger partial charge in [0.05, 0.1) is 4.90 Å². The minimum Gasteiger partial charge on any atom is -0.316 e. The van der Waals surface area contributed by atoms with Crippen LogP contribution in [0.25, 0.3) is 0 Å². The highest BCUT2D eigenvalue weighted by atomic mass is 32.2. The SMILES string of the molecule is CCc1ccc(S(=O)(=O)N2CCCC(NC)C2)cc1. The topological polar surface area (TPSA) is 49.4 Å². The van der Waals surface area contributed by atoms with Crippen LogP contribution in [-0.4, -0.2) is 38.9 Å². The average Bonchev–Trinajstić information content (AvgIpc) is 2.47. The van der Waals surface area contributed by atoms with Gasteiger partial charge in [0.15, 0.2) is 0 Å². The van der Waals surface area contributed by atoms with Gasteiger partial charge in [0.1, 0.15) is 0 Å². The maximum absolute atomic E-state index is 12.5. The number of hydrogen-bond donors (Lipinski definition) is 1. The second-order valence-corrected chi connectivity index (χ2v) is 6.93. The Hall–Kier alpha value is -0.910. The number of rotatable bonds is 4. The van der Waals surface area contributed by atoms with Crippen LogP contribution in [0.5, 0.6) is 0 Å².